The van der Waals surface area contributed by atoms with Gasteiger partial charge < -0.3 is 5.11 Å². The van der Waals surface area contributed by atoms with Crippen molar-refractivity contribution < 1.29 is 18.8 Å². The minimum absolute atomic E-state index is 0.0359. The molecule has 0 aliphatic rings. The topological polar surface area (TPSA) is 50.9 Å². The lowest BCUT2D eigenvalue weighted by atomic mass is 9.81. The van der Waals surface area contributed by atoms with Gasteiger partial charge in [0, 0.05) is 27.0 Å². The summed E-state index contributed by atoms with van der Waals surface area (Å²) in [5, 5.41) is 11.8. The summed E-state index contributed by atoms with van der Waals surface area (Å²) in [6, 6.07) is 28.2. The summed E-state index contributed by atoms with van der Waals surface area (Å²) in [5.41, 5.74) is 8.08. The van der Waals surface area contributed by atoms with Crippen LogP contribution >= 0.6 is 0 Å². The van der Waals surface area contributed by atoms with Crippen LogP contribution in [0.5, 0.6) is 5.75 Å². The Labute approximate surface area is 358 Å². The van der Waals surface area contributed by atoms with Gasteiger partial charge >= 0.3 is 0 Å². The van der Waals surface area contributed by atoms with E-state index in [1.807, 2.05) is 101 Å². The number of phenols is 1. The second kappa shape index (κ2) is 14.9. The summed E-state index contributed by atoms with van der Waals surface area (Å²) >= 11 is 0. The Morgan fingerprint density at radius 1 is 0.672 bits per heavy atom. The van der Waals surface area contributed by atoms with Crippen molar-refractivity contribution in [2.24, 2.45) is 0 Å². The van der Waals surface area contributed by atoms with Crippen molar-refractivity contribution in [1.29, 1.82) is 0 Å². The maximum Gasteiger partial charge on any atom is 0.149 e. The van der Waals surface area contributed by atoms with Gasteiger partial charge in [-0.3, -0.25) is 9.55 Å². The van der Waals surface area contributed by atoms with Crippen molar-refractivity contribution in [3.63, 3.8) is 0 Å². The molecule has 0 spiro atoms. The number of para-hydroxylation sites is 1. The molecule has 8 rings (SSSR count). The first-order valence-electron chi connectivity index (χ1n) is 24.6. The number of hydrogen-bond acceptors (Lipinski definition) is 3. The molecular formula is C54H53N3O. The van der Waals surface area contributed by atoms with Crippen LogP contribution in [-0.4, -0.2) is 19.6 Å². The fourth-order valence-electron chi connectivity index (χ4n) is 7.46. The van der Waals surface area contributed by atoms with Gasteiger partial charge in [-0.2, -0.15) is 0 Å². The lowest BCUT2D eigenvalue weighted by Crippen LogP contribution is -2.16. The number of nitrogens with zero attached hydrogens (tertiary/aromatic N) is 3. The smallest absolute Gasteiger partial charge is 0.149 e. The van der Waals surface area contributed by atoms with E-state index in [-0.39, 0.29) is 22.4 Å². The van der Waals surface area contributed by atoms with E-state index in [9.17, 15) is 6.48 Å². The average molecular weight is 770 g/mol. The highest BCUT2D eigenvalue weighted by Crippen LogP contribution is 2.43. The van der Waals surface area contributed by atoms with E-state index in [1.54, 1.807) is 0 Å². The molecule has 4 nitrogen and oxygen atoms in total. The molecule has 1 N–H and O–H groups in total. The van der Waals surface area contributed by atoms with E-state index in [2.05, 4.69) is 60.7 Å². The van der Waals surface area contributed by atoms with Gasteiger partial charge in [0.1, 0.15) is 11.6 Å². The number of imidazole rings is 1. The van der Waals surface area contributed by atoms with Gasteiger partial charge in [0.2, 0.25) is 0 Å². The number of phenolic OH excluding ortho intramolecular Hbond substituents is 1. The minimum Gasteiger partial charge on any atom is -0.507 e. The average Bonchev–Trinajstić information content (AvgIpc) is 3.68. The van der Waals surface area contributed by atoms with Gasteiger partial charge in [0.15, 0.2) is 0 Å². The highest BCUT2D eigenvalue weighted by atomic mass is 16.3. The van der Waals surface area contributed by atoms with Crippen LogP contribution in [0.4, 0.5) is 0 Å². The van der Waals surface area contributed by atoms with E-state index in [0.717, 1.165) is 45.4 Å². The van der Waals surface area contributed by atoms with Crippen LogP contribution in [0.25, 0.3) is 72.7 Å². The van der Waals surface area contributed by atoms with Crippen molar-refractivity contribution in [1.82, 2.24) is 14.5 Å². The molecule has 0 radical (unpaired) electrons. The fraction of sp³-hybridized carbons (Fsp3) is 0.222. The fourth-order valence-corrected chi connectivity index (χ4v) is 7.46. The molecule has 290 valence electrons. The number of benzene rings is 6. The van der Waals surface area contributed by atoms with E-state index in [1.165, 1.54) is 5.56 Å². The van der Waals surface area contributed by atoms with Gasteiger partial charge in [0.25, 0.3) is 0 Å². The maximum absolute atomic E-state index is 11.8. The van der Waals surface area contributed by atoms with Crippen LogP contribution in [0, 0.1) is 20.7 Å². The quantitative estimate of drug-likeness (QED) is 0.167. The SMILES string of the molecule is [2H]c1nc(-c2cc(-c3cccc4c3nc(-c3cc(C)cc(C)c3O)n4-c3ccc(C(C)(C)CC)cc3-c3ccccc3)cc(C(C)(C)C)c2)c([2H])c(-c2c([2H])c([2H])c(C([2H])([2H])[2H])c([2H])c2[2H])c1[2H]. The summed E-state index contributed by atoms with van der Waals surface area (Å²) in [7, 11) is 0. The summed E-state index contributed by atoms with van der Waals surface area (Å²) < 4.78 is 87.9. The van der Waals surface area contributed by atoms with Crippen molar-refractivity contribution in [2.75, 3.05) is 0 Å². The molecule has 0 unspecified atom stereocenters. The Bertz CT molecular complexity index is 3300. The van der Waals surface area contributed by atoms with Crippen LogP contribution in [0.3, 0.4) is 0 Å². The van der Waals surface area contributed by atoms with Crippen molar-refractivity contribution >= 4 is 11.0 Å². The number of fused-ring (bicyclic) bond motifs is 1. The molecule has 0 aliphatic carbocycles. The molecule has 0 fully saturated rings. The molecule has 6 aromatic carbocycles. The molecule has 0 atom stereocenters. The first-order valence-corrected chi connectivity index (χ1v) is 19.6. The highest BCUT2D eigenvalue weighted by Gasteiger charge is 2.26. The predicted octanol–water partition coefficient (Wildman–Crippen LogP) is 14.4. The largest absolute Gasteiger partial charge is 0.507 e. The van der Waals surface area contributed by atoms with Crippen molar-refractivity contribution in [3.05, 3.63) is 167 Å². The Morgan fingerprint density at radius 3 is 2.16 bits per heavy atom. The first kappa shape index (κ1) is 28.2. The number of rotatable bonds is 8. The first-order chi connectivity index (χ1) is 31.8. The minimum atomic E-state index is -2.96. The van der Waals surface area contributed by atoms with Crippen LogP contribution in [-0.2, 0) is 10.8 Å². The summed E-state index contributed by atoms with van der Waals surface area (Å²) in [4.78, 5) is 9.87. The number of aryl methyl sites for hydroxylation is 2. The number of aromatic nitrogens is 3. The highest BCUT2D eigenvalue weighted by molar-refractivity contribution is 5.98. The standard InChI is InChI=1S/C54H53N3O/c1-10-54(8,9)42-23-24-48(45(33-42)38-15-12-11-13-16-38)57-49-18-14-17-44(50(49)56-52(57)46-28-35(3)27-36(4)51(46)58)40-29-41(31-43(30-40)53(5,6)7)47-32-39(25-26-55-47)37-21-19-34(2)20-22-37/h11-33,58H,10H2,1-9H3/i2D3,19D,20D,21D,22D,25D,26D,32D. The third-order valence-corrected chi connectivity index (χ3v) is 11.2. The second-order valence-electron chi connectivity index (χ2n) is 16.8. The lowest BCUT2D eigenvalue weighted by Gasteiger charge is -2.26. The molecule has 0 saturated carbocycles. The molecule has 58 heavy (non-hydrogen) atoms. The summed E-state index contributed by atoms with van der Waals surface area (Å²) in [6.07, 6.45) is 0.366. The van der Waals surface area contributed by atoms with Gasteiger partial charge in [-0.05, 0) is 131 Å². The Balaban J connectivity index is 1.44. The van der Waals surface area contributed by atoms with E-state index < -0.39 is 65.8 Å². The van der Waals surface area contributed by atoms with Gasteiger partial charge in [0.05, 0.1) is 37.6 Å². The normalized spacial score (nSPS) is 14.7. The third-order valence-electron chi connectivity index (χ3n) is 11.2. The Kier molecular flexibility index (Phi) is 7.25. The van der Waals surface area contributed by atoms with Crippen LogP contribution in [0.2, 0.25) is 0 Å². The third kappa shape index (κ3) is 7.24. The Morgan fingerprint density at radius 2 is 1.43 bits per heavy atom. The molecular weight excluding hydrogens is 707 g/mol. The molecule has 2 aromatic heterocycles. The number of aromatic hydroxyl groups is 1. The summed E-state index contributed by atoms with van der Waals surface area (Å²) in [5.74, 6) is 0.636. The van der Waals surface area contributed by atoms with Crippen molar-refractivity contribution in [2.45, 2.75) is 79.5 Å². The maximum atomic E-state index is 11.8. The molecule has 0 bridgehead atoms. The summed E-state index contributed by atoms with van der Waals surface area (Å²) in [6.45, 7) is 13.7. The van der Waals surface area contributed by atoms with Crippen LogP contribution < -0.4 is 0 Å². The zero-order valence-electron chi connectivity index (χ0n) is 44.2. The second-order valence-corrected chi connectivity index (χ2v) is 16.8. The van der Waals surface area contributed by atoms with E-state index in [0.29, 0.717) is 33.6 Å². The van der Waals surface area contributed by atoms with E-state index >= 15 is 0 Å². The molecule has 2 heterocycles. The molecule has 0 saturated heterocycles. The van der Waals surface area contributed by atoms with Gasteiger partial charge in [-0.25, -0.2) is 4.98 Å². The zero-order chi connectivity index (χ0) is 49.5. The predicted molar refractivity (Wildman–Crippen MR) is 244 cm³/mol. The molecule has 8 aromatic rings. The molecule has 0 amide bonds. The molecule has 0 aliphatic heterocycles. The molecule has 4 heteroatoms. The van der Waals surface area contributed by atoms with E-state index in [4.69, 9.17) is 17.3 Å². The van der Waals surface area contributed by atoms with Crippen LogP contribution in [0.15, 0.2) is 139 Å². The Hall–Kier alpha value is -6.26. The lowest BCUT2D eigenvalue weighted by molar-refractivity contribution is 0.472. The zero-order valence-corrected chi connectivity index (χ0v) is 34.2. The van der Waals surface area contributed by atoms with Gasteiger partial charge in [-0.15, -0.1) is 0 Å². The number of hydrogen-bond donors (Lipinski definition) is 1. The monoisotopic (exact) mass is 769 g/mol. The van der Waals surface area contributed by atoms with Gasteiger partial charge in [-0.1, -0.05) is 132 Å². The van der Waals surface area contributed by atoms with Crippen molar-refractivity contribution in [3.8, 4) is 67.5 Å². The number of pyridine rings is 1. The van der Waals surface area contributed by atoms with Crippen LogP contribution in [0.1, 0.15) is 89.5 Å².